The second kappa shape index (κ2) is 7.21. The van der Waals surface area contributed by atoms with Gasteiger partial charge in [0.1, 0.15) is 5.69 Å². The van der Waals surface area contributed by atoms with Crippen LogP contribution in [0.25, 0.3) is 10.8 Å². The molecule has 118 valence electrons. The van der Waals surface area contributed by atoms with Gasteiger partial charge in [-0.05, 0) is 23.3 Å². The van der Waals surface area contributed by atoms with Crippen LogP contribution >= 0.6 is 11.3 Å². The lowest BCUT2D eigenvalue weighted by Crippen LogP contribution is -2.23. The number of furan rings is 1. The van der Waals surface area contributed by atoms with Gasteiger partial charge >= 0.3 is 0 Å². The van der Waals surface area contributed by atoms with Gasteiger partial charge < -0.3 is 14.5 Å². The third-order valence-corrected chi connectivity index (χ3v) is 4.18. The molecule has 3 aromatic rings. The van der Waals surface area contributed by atoms with E-state index < -0.39 is 0 Å². The molecule has 0 fully saturated rings. The van der Waals surface area contributed by atoms with Crippen LogP contribution in [0.1, 0.15) is 21.6 Å². The van der Waals surface area contributed by atoms with E-state index in [4.69, 9.17) is 9.15 Å². The predicted molar refractivity (Wildman–Crippen MR) is 88.1 cm³/mol. The summed E-state index contributed by atoms with van der Waals surface area (Å²) < 4.78 is 10.5. The van der Waals surface area contributed by atoms with Gasteiger partial charge in [0.2, 0.25) is 0 Å². The van der Waals surface area contributed by atoms with Crippen molar-refractivity contribution >= 4 is 17.2 Å². The lowest BCUT2D eigenvalue weighted by atomic mass is 10.1. The van der Waals surface area contributed by atoms with Crippen molar-refractivity contribution < 1.29 is 13.9 Å². The molecule has 0 unspecified atom stereocenters. The Morgan fingerprint density at radius 3 is 2.83 bits per heavy atom. The molecule has 0 bridgehead atoms. The Hall–Kier alpha value is -2.44. The number of aromatic nitrogens is 1. The first kappa shape index (κ1) is 15.5. The molecule has 0 saturated heterocycles. The van der Waals surface area contributed by atoms with Crippen molar-refractivity contribution in [2.45, 2.75) is 13.2 Å². The fourth-order valence-corrected chi connectivity index (χ4v) is 2.95. The van der Waals surface area contributed by atoms with E-state index in [1.807, 2.05) is 30.3 Å². The first-order chi connectivity index (χ1) is 11.3. The first-order valence-electron chi connectivity index (χ1n) is 7.11. The number of hydrogen-bond acceptors (Lipinski definition) is 5. The third-order valence-electron chi connectivity index (χ3n) is 3.33. The van der Waals surface area contributed by atoms with Crippen molar-refractivity contribution in [1.29, 1.82) is 0 Å². The van der Waals surface area contributed by atoms with Crippen molar-refractivity contribution in [3.63, 3.8) is 0 Å². The topological polar surface area (TPSA) is 64.4 Å². The standard InChI is InChI=1S/C17H16N2O3S/c1-21-10-13-6-3-2-5-12(13)9-18-16(20)14-11-23-17(19-14)15-7-4-8-22-15/h2-8,11H,9-10H2,1H3,(H,18,20). The number of carbonyl (C=O) groups excluding carboxylic acids is 1. The van der Waals surface area contributed by atoms with Gasteiger partial charge in [0.05, 0.1) is 12.9 Å². The number of benzene rings is 1. The molecule has 0 radical (unpaired) electrons. The lowest BCUT2D eigenvalue weighted by Gasteiger charge is -2.09. The maximum Gasteiger partial charge on any atom is 0.271 e. The third kappa shape index (κ3) is 3.67. The van der Waals surface area contributed by atoms with Crippen molar-refractivity contribution in [2.24, 2.45) is 0 Å². The summed E-state index contributed by atoms with van der Waals surface area (Å²) in [6, 6.07) is 11.5. The Labute approximate surface area is 137 Å². The van der Waals surface area contributed by atoms with Crippen LogP contribution in [0, 0.1) is 0 Å². The van der Waals surface area contributed by atoms with Crippen LogP contribution in [-0.4, -0.2) is 18.0 Å². The van der Waals surface area contributed by atoms with Crippen LogP contribution in [0.5, 0.6) is 0 Å². The van der Waals surface area contributed by atoms with Gasteiger partial charge in [-0.3, -0.25) is 4.79 Å². The fourth-order valence-electron chi connectivity index (χ4n) is 2.18. The van der Waals surface area contributed by atoms with Crippen molar-refractivity contribution in [3.05, 3.63) is 64.9 Å². The molecule has 6 heteroatoms. The van der Waals surface area contributed by atoms with Crippen LogP contribution in [0.15, 0.2) is 52.5 Å². The van der Waals surface area contributed by atoms with Crippen LogP contribution in [0.3, 0.4) is 0 Å². The van der Waals surface area contributed by atoms with E-state index in [1.54, 1.807) is 24.8 Å². The summed E-state index contributed by atoms with van der Waals surface area (Å²) >= 11 is 1.38. The Bertz CT molecular complexity index is 781. The summed E-state index contributed by atoms with van der Waals surface area (Å²) in [6.45, 7) is 0.956. The minimum atomic E-state index is -0.203. The van der Waals surface area contributed by atoms with Gasteiger partial charge in [-0.2, -0.15) is 0 Å². The zero-order chi connectivity index (χ0) is 16.1. The number of hydrogen-bond donors (Lipinski definition) is 1. The smallest absolute Gasteiger partial charge is 0.271 e. The van der Waals surface area contributed by atoms with Gasteiger partial charge in [0.25, 0.3) is 5.91 Å². The monoisotopic (exact) mass is 328 g/mol. The second-order valence-electron chi connectivity index (χ2n) is 4.90. The molecular weight excluding hydrogens is 312 g/mol. The molecule has 0 aliphatic carbocycles. The maximum absolute atomic E-state index is 12.2. The molecule has 23 heavy (non-hydrogen) atoms. The van der Waals surface area contributed by atoms with Crippen LogP contribution in [0.2, 0.25) is 0 Å². The van der Waals surface area contributed by atoms with Gasteiger partial charge in [-0.25, -0.2) is 4.98 Å². The summed E-state index contributed by atoms with van der Waals surface area (Å²) in [5.41, 5.74) is 2.49. The van der Waals surface area contributed by atoms with Crippen molar-refractivity contribution in [2.75, 3.05) is 7.11 Å². The highest BCUT2D eigenvalue weighted by atomic mass is 32.1. The lowest BCUT2D eigenvalue weighted by molar-refractivity contribution is 0.0946. The second-order valence-corrected chi connectivity index (χ2v) is 5.76. The van der Waals surface area contributed by atoms with E-state index in [0.717, 1.165) is 11.1 Å². The first-order valence-corrected chi connectivity index (χ1v) is 7.99. The molecule has 0 atom stereocenters. The number of amides is 1. The molecule has 0 aliphatic heterocycles. The Balaban J connectivity index is 1.66. The number of nitrogens with one attached hydrogen (secondary N) is 1. The van der Waals surface area contributed by atoms with E-state index >= 15 is 0 Å². The van der Waals surface area contributed by atoms with Crippen molar-refractivity contribution in [1.82, 2.24) is 10.3 Å². The zero-order valence-electron chi connectivity index (χ0n) is 12.6. The predicted octanol–water partition coefficient (Wildman–Crippen LogP) is 3.48. The molecule has 3 rings (SSSR count). The van der Waals surface area contributed by atoms with Gasteiger partial charge in [-0.1, -0.05) is 24.3 Å². The normalized spacial score (nSPS) is 10.7. The summed E-state index contributed by atoms with van der Waals surface area (Å²) in [7, 11) is 1.65. The highest BCUT2D eigenvalue weighted by molar-refractivity contribution is 7.13. The number of thiazole rings is 1. The van der Waals surface area contributed by atoms with Gasteiger partial charge in [-0.15, -0.1) is 11.3 Å². The average molecular weight is 328 g/mol. The van der Waals surface area contributed by atoms with E-state index in [-0.39, 0.29) is 5.91 Å². The average Bonchev–Trinajstić information content (AvgIpc) is 3.25. The number of nitrogens with zero attached hydrogens (tertiary/aromatic N) is 1. The fraction of sp³-hybridized carbons (Fsp3) is 0.176. The molecule has 2 aromatic heterocycles. The molecule has 0 aliphatic rings. The van der Waals surface area contributed by atoms with Crippen LogP contribution in [0.4, 0.5) is 0 Å². The highest BCUT2D eigenvalue weighted by Crippen LogP contribution is 2.23. The van der Waals surface area contributed by atoms with E-state index in [2.05, 4.69) is 10.3 Å². The Morgan fingerprint density at radius 2 is 2.09 bits per heavy atom. The SMILES string of the molecule is COCc1ccccc1CNC(=O)c1csc(-c2ccco2)n1. The molecule has 5 nitrogen and oxygen atoms in total. The summed E-state index contributed by atoms with van der Waals surface area (Å²) in [6.07, 6.45) is 1.59. The minimum Gasteiger partial charge on any atom is -0.462 e. The molecule has 0 spiro atoms. The van der Waals surface area contributed by atoms with Crippen LogP contribution < -0.4 is 5.32 Å². The zero-order valence-corrected chi connectivity index (χ0v) is 13.4. The van der Waals surface area contributed by atoms with Crippen LogP contribution in [-0.2, 0) is 17.9 Å². The summed E-state index contributed by atoms with van der Waals surface area (Å²) in [5, 5.41) is 5.32. The van der Waals surface area contributed by atoms with Crippen molar-refractivity contribution in [3.8, 4) is 10.8 Å². The number of carbonyl (C=O) groups is 1. The van der Waals surface area contributed by atoms with E-state index in [1.165, 1.54) is 11.3 Å². The molecule has 1 N–H and O–H groups in total. The van der Waals surface area contributed by atoms with E-state index in [9.17, 15) is 4.79 Å². The Morgan fingerprint density at radius 1 is 1.26 bits per heavy atom. The quantitative estimate of drug-likeness (QED) is 0.752. The Kier molecular flexibility index (Phi) is 4.85. The minimum absolute atomic E-state index is 0.203. The number of rotatable bonds is 6. The molecule has 2 heterocycles. The number of methoxy groups -OCH3 is 1. The molecule has 1 amide bonds. The summed E-state index contributed by atoms with van der Waals surface area (Å²) in [5.74, 6) is 0.464. The maximum atomic E-state index is 12.2. The van der Waals surface area contributed by atoms with E-state index in [0.29, 0.717) is 29.6 Å². The molecule has 1 aromatic carbocycles. The molecular formula is C17H16N2O3S. The van der Waals surface area contributed by atoms with Gasteiger partial charge in [0.15, 0.2) is 10.8 Å². The van der Waals surface area contributed by atoms with Gasteiger partial charge in [0, 0.05) is 19.0 Å². The molecule has 0 saturated carbocycles. The highest BCUT2D eigenvalue weighted by Gasteiger charge is 2.13. The number of ether oxygens (including phenoxy) is 1. The summed E-state index contributed by atoms with van der Waals surface area (Å²) in [4.78, 5) is 16.6. The largest absolute Gasteiger partial charge is 0.462 e.